The van der Waals surface area contributed by atoms with E-state index in [1.807, 2.05) is 6.92 Å². The first-order valence-corrected chi connectivity index (χ1v) is 8.13. The fourth-order valence-electron chi connectivity index (χ4n) is 1.44. The number of sulfone groups is 1. The molecule has 2 atom stereocenters. The van der Waals surface area contributed by atoms with Crippen LogP contribution < -0.4 is 11.1 Å². The summed E-state index contributed by atoms with van der Waals surface area (Å²) in [6.07, 6.45) is 2.32. The quantitative estimate of drug-likeness (QED) is 0.526. The van der Waals surface area contributed by atoms with Crippen molar-refractivity contribution in [2.75, 3.05) is 12.0 Å². The van der Waals surface area contributed by atoms with Gasteiger partial charge in [0.2, 0.25) is 5.91 Å². The molecule has 4 N–H and O–H groups in total. The summed E-state index contributed by atoms with van der Waals surface area (Å²) in [6.45, 7) is 1.82. The van der Waals surface area contributed by atoms with Gasteiger partial charge in [0.25, 0.3) is 0 Å². The monoisotopic (exact) mass is 294 g/mol. The first-order valence-electron chi connectivity index (χ1n) is 6.07. The Balaban J connectivity index is 4.20. The zero-order valence-corrected chi connectivity index (χ0v) is 12.1. The number of nitrogens with one attached hydrogen (secondary N) is 1. The number of carbonyl (C=O) groups is 2. The van der Waals surface area contributed by atoms with Crippen molar-refractivity contribution in [2.24, 2.45) is 5.73 Å². The number of rotatable bonds is 9. The predicted molar refractivity (Wildman–Crippen MR) is 71.4 cm³/mol. The van der Waals surface area contributed by atoms with E-state index in [0.717, 1.165) is 6.26 Å². The Morgan fingerprint density at radius 3 is 2.32 bits per heavy atom. The number of hydrogen-bond acceptors (Lipinski definition) is 5. The van der Waals surface area contributed by atoms with Crippen molar-refractivity contribution in [1.82, 2.24) is 5.32 Å². The van der Waals surface area contributed by atoms with Gasteiger partial charge in [-0.2, -0.15) is 0 Å². The van der Waals surface area contributed by atoms with Crippen molar-refractivity contribution < 1.29 is 23.1 Å². The molecular weight excluding hydrogens is 272 g/mol. The number of nitrogens with two attached hydrogens (primary N) is 1. The van der Waals surface area contributed by atoms with Crippen molar-refractivity contribution in [3.8, 4) is 0 Å². The molecule has 0 rings (SSSR count). The van der Waals surface area contributed by atoms with Gasteiger partial charge in [-0.25, -0.2) is 13.2 Å². The molecule has 0 aliphatic heterocycles. The lowest BCUT2D eigenvalue weighted by atomic mass is 10.1. The summed E-state index contributed by atoms with van der Waals surface area (Å²) in [4.78, 5) is 22.4. The predicted octanol–water partition coefficient (Wildman–Crippen LogP) is -0.492. The summed E-state index contributed by atoms with van der Waals surface area (Å²) in [6, 6.07) is -1.18. The largest absolute Gasteiger partial charge is 0.480 e. The van der Waals surface area contributed by atoms with Gasteiger partial charge in [-0.05, 0) is 26.2 Å². The minimum absolute atomic E-state index is 0.00620. The van der Waals surface area contributed by atoms with E-state index in [2.05, 4.69) is 5.32 Å². The van der Waals surface area contributed by atoms with E-state index in [0.29, 0.717) is 12.8 Å². The summed E-state index contributed by atoms with van der Waals surface area (Å²) in [7, 11) is -3.25. The second-order valence-corrected chi connectivity index (χ2v) is 7.01. The Labute approximate surface area is 113 Å². The number of carboxylic acids is 1. The van der Waals surface area contributed by atoms with E-state index in [9.17, 15) is 18.0 Å². The van der Waals surface area contributed by atoms with Gasteiger partial charge in [-0.3, -0.25) is 4.79 Å². The van der Waals surface area contributed by atoms with E-state index >= 15 is 0 Å². The first-order chi connectivity index (χ1) is 8.61. The molecule has 0 heterocycles. The van der Waals surface area contributed by atoms with Gasteiger partial charge in [-0.15, -0.1) is 0 Å². The standard InChI is InChI=1S/C11H22N2O5S/c1-8(12)4-3-5-10(14)13-9(11(15)16)6-7-19(2,17)18/h8-9H,3-7,12H2,1-2H3,(H,13,14)(H,15,16). The van der Waals surface area contributed by atoms with Crippen LogP contribution in [0.5, 0.6) is 0 Å². The van der Waals surface area contributed by atoms with Crippen molar-refractivity contribution in [2.45, 2.75) is 44.7 Å². The Morgan fingerprint density at radius 1 is 1.32 bits per heavy atom. The molecule has 19 heavy (non-hydrogen) atoms. The maximum absolute atomic E-state index is 11.5. The average Bonchev–Trinajstić information content (AvgIpc) is 2.21. The normalized spacial score (nSPS) is 14.7. The lowest BCUT2D eigenvalue weighted by molar-refractivity contribution is -0.141. The summed E-state index contributed by atoms with van der Waals surface area (Å²) >= 11 is 0. The van der Waals surface area contributed by atoms with Crippen LogP contribution in [0.25, 0.3) is 0 Å². The van der Waals surface area contributed by atoms with Gasteiger partial charge in [0.05, 0.1) is 5.75 Å². The van der Waals surface area contributed by atoms with Gasteiger partial charge >= 0.3 is 5.97 Å². The van der Waals surface area contributed by atoms with Crippen molar-refractivity contribution in [1.29, 1.82) is 0 Å². The summed E-state index contributed by atoms with van der Waals surface area (Å²) in [5.41, 5.74) is 5.53. The topological polar surface area (TPSA) is 127 Å². The fraction of sp³-hybridized carbons (Fsp3) is 0.818. The SMILES string of the molecule is CC(N)CCCC(=O)NC(CCS(C)(=O)=O)C(=O)O. The molecule has 0 radical (unpaired) electrons. The molecule has 0 aromatic rings. The second-order valence-electron chi connectivity index (χ2n) is 4.75. The van der Waals surface area contributed by atoms with E-state index in [1.54, 1.807) is 0 Å². The van der Waals surface area contributed by atoms with Crippen LogP contribution in [-0.4, -0.2) is 49.5 Å². The molecule has 0 saturated heterocycles. The molecule has 0 aliphatic rings. The van der Waals surface area contributed by atoms with Crippen LogP contribution in [0.4, 0.5) is 0 Å². The highest BCUT2D eigenvalue weighted by atomic mass is 32.2. The molecule has 0 aliphatic carbocycles. The number of aliphatic carboxylic acids is 1. The Bertz CT molecular complexity index is 405. The maximum atomic E-state index is 11.5. The van der Waals surface area contributed by atoms with Crippen LogP contribution in [0.3, 0.4) is 0 Å². The minimum Gasteiger partial charge on any atom is -0.480 e. The Kier molecular flexibility index (Phi) is 7.62. The molecule has 7 nitrogen and oxygen atoms in total. The molecule has 8 heteroatoms. The summed E-state index contributed by atoms with van der Waals surface area (Å²) in [5.74, 6) is -1.91. The van der Waals surface area contributed by atoms with Crippen LogP contribution in [0, 0.1) is 0 Å². The summed E-state index contributed by atoms with van der Waals surface area (Å²) in [5, 5.41) is 11.2. The number of hydrogen-bond donors (Lipinski definition) is 3. The van der Waals surface area contributed by atoms with Crippen LogP contribution in [0.1, 0.15) is 32.6 Å². The molecule has 0 saturated carbocycles. The third-order valence-corrected chi connectivity index (χ3v) is 3.45. The lowest BCUT2D eigenvalue weighted by Crippen LogP contribution is -2.41. The van der Waals surface area contributed by atoms with E-state index < -0.39 is 27.8 Å². The van der Waals surface area contributed by atoms with Crippen LogP contribution in [0.2, 0.25) is 0 Å². The zero-order valence-electron chi connectivity index (χ0n) is 11.3. The highest BCUT2D eigenvalue weighted by molar-refractivity contribution is 7.90. The first kappa shape index (κ1) is 17.8. The smallest absolute Gasteiger partial charge is 0.326 e. The maximum Gasteiger partial charge on any atom is 0.326 e. The molecule has 0 bridgehead atoms. The average molecular weight is 294 g/mol. The molecule has 1 amide bonds. The molecule has 0 aromatic heterocycles. The number of carbonyl (C=O) groups excluding carboxylic acids is 1. The second kappa shape index (κ2) is 8.11. The van der Waals surface area contributed by atoms with E-state index in [-0.39, 0.29) is 24.6 Å². The molecule has 0 aromatic carbocycles. The van der Waals surface area contributed by atoms with Crippen LogP contribution in [-0.2, 0) is 19.4 Å². The molecule has 0 spiro atoms. The van der Waals surface area contributed by atoms with E-state index in [4.69, 9.17) is 10.8 Å². The molecule has 2 unspecified atom stereocenters. The summed E-state index contributed by atoms with van der Waals surface area (Å²) < 4.78 is 21.9. The number of amides is 1. The lowest BCUT2D eigenvalue weighted by Gasteiger charge is -2.14. The minimum atomic E-state index is -3.25. The van der Waals surface area contributed by atoms with Gasteiger partial charge in [0.15, 0.2) is 0 Å². The van der Waals surface area contributed by atoms with Crippen molar-refractivity contribution in [3.05, 3.63) is 0 Å². The highest BCUT2D eigenvalue weighted by Gasteiger charge is 2.21. The third-order valence-electron chi connectivity index (χ3n) is 2.47. The van der Waals surface area contributed by atoms with Crippen molar-refractivity contribution in [3.63, 3.8) is 0 Å². The van der Waals surface area contributed by atoms with E-state index in [1.165, 1.54) is 0 Å². The van der Waals surface area contributed by atoms with Crippen LogP contribution in [0.15, 0.2) is 0 Å². The van der Waals surface area contributed by atoms with Gasteiger partial charge in [0, 0.05) is 18.7 Å². The zero-order chi connectivity index (χ0) is 15.1. The molecular formula is C11H22N2O5S. The van der Waals surface area contributed by atoms with Crippen LogP contribution >= 0.6 is 0 Å². The van der Waals surface area contributed by atoms with Gasteiger partial charge in [0.1, 0.15) is 15.9 Å². The van der Waals surface area contributed by atoms with Gasteiger partial charge < -0.3 is 16.2 Å². The molecule has 0 fully saturated rings. The number of carboxylic acid groups (broad SMARTS) is 1. The molecule has 112 valence electrons. The Morgan fingerprint density at radius 2 is 1.89 bits per heavy atom. The van der Waals surface area contributed by atoms with Crippen molar-refractivity contribution >= 4 is 21.7 Å². The van der Waals surface area contributed by atoms with Gasteiger partial charge in [-0.1, -0.05) is 0 Å². The fourth-order valence-corrected chi connectivity index (χ4v) is 2.10. The highest BCUT2D eigenvalue weighted by Crippen LogP contribution is 2.01. The third kappa shape index (κ3) is 10.5. The Hall–Kier alpha value is -1.15.